The minimum absolute atomic E-state index is 0. The molecular weight excluding hydrogens is 489 g/mol. The van der Waals surface area contributed by atoms with Gasteiger partial charge < -0.3 is 25.2 Å². The van der Waals surface area contributed by atoms with Crippen LogP contribution >= 0.6 is 35.3 Å². The van der Waals surface area contributed by atoms with Crippen LogP contribution < -0.4 is 10.6 Å². The first kappa shape index (κ1) is 25.1. The van der Waals surface area contributed by atoms with Gasteiger partial charge in [0.1, 0.15) is 6.10 Å². The van der Waals surface area contributed by atoms with Gasteiger partial charge in [-0.25, -0.2) is 0 Å². The second kappa shape index (κ2) is 15.0. The largest absolute Gasteiger partial charge is 0.386 e. The average molecular weight is 521 g/mol. The lowest BCUT2D eigenvalue weighted by atomic mass is 10.2. The van der Waals surface area contributed by atoms with E-state index in [4.69, 9.17) is 9.47 Å². The van der Waals surface area contributed by atoms with E-state index in [1.54, 1.807) is 18.4 Å². The third-order valence-electron chi connectivity index (χ3n) is 4.01. The molecule has 1 aromatic heterocycles. The molecule has 0 saturated heterocycles. The summed E-state index contributed by atoms with van der Waals surface area (Å²) in [7, 11) is 1.71. The van der Waals surface area contributed by atoms with E-state index in [1.807, 2.05) is 18.2 Å². The summed E-state index contributed by atoms with van der Waals surface area (Å²) >= 11 is 1.62. The van der Waals surface area contributed by atoms with E-state index < -0.39 is 6.10 Å². The minimum atomic E-state index is -0.572. The molecule has 0 aliphatic carbocycles. The molecule has 2 rings (SSSR count). The number of nitrogens with one attached hydrogen (secondary N) is 2. The quantitative estimate of drug-likeness (QED) is 0.173. The minimum Gasteiger partial charge on any atom is -0.386 e. The number of aliphatic hydroxyl groups is 1. The fourth-order valence-corrected chi connectivity index (χ4v) is 3.54. The van der Waals surface area contributed by atoms with Crippen LogP contribution in [0.2, 0.25) is 0 Å². The smallest absolute Gasteiger partial charge is 0.191 e. The maximum Gasteiger partial charge on any atom is 0.191 e. The van der Waals surface area contributed by atoms with Crippen molar-refractivity contribution in [2.24, 2.45) is 4.99 Å². The molecule has 1 aromatic carbocycles. The predicted molar refractivity (Wildman–Crippen MR) is 128 cm³/mol. The summed E-state index contributed by atoms with van der Waals surface area (Å²) < 4.78 is 12.1. The first-order valence-electron chi connectivity index (χ1n) is 9.51. The number of nitrogens with zero attached hydrogens (tertiary/aromatic N) is 1. The van der Waals surface area contributed by atoms with Crippen LogP contribution in [-0.2, 0) is 9.47 Å². The van der Waals surface area contributed by atoms with E-state index in [1.165, 1.54) is 4.70 Å². The Bertz CT molecular complexity index is 663. The van der Waals surface area contributed by atoms with Gasteiger partial charge in [-0.15, -0.1) is 35.3 Å². The van der Waals surface area contributed by atoms with Crippen molar-refractivity contribution in [2.75, 3.05) is 46.6 Å². The Hall–Kier alpha value is -0.940. The number of fused-ring (bicyclic) bond motifs is 1. The van der Waals surface area contributed by atoms with E-state index >= 15 is 0 Å². The Balaban J connectivity index is 0.00000392. The predicted octanol–water partition coefficient (Wildman–Crippen LogP) is 3.55. The van der Waals surface area contributed by atoms with E-state index in [9.17, 15) is 5.11 Å². The highest BCUT2D eigenvalue weighted by molar-refractivity contribution is 14.0. The normalized spacial score (nSPS) is 12.6. The van der Waals surface area contributed by atoms with E-state index in [-0.39, 0.29) is 24.0 Å². The molecule has 6 nitrogen and oxygen atoms in total. The zero-order valence-corrected chi connectivity index (χ0v) is 19.8. The van der Waals surface area contributed by atoms with Gasteiger partial charge in [0.25, 0.3) is 0 Å². The van der Waals surface area contributed by atoms with Gasteiger partial charge in [0.15, 0.2) is 5.96 Å². The number of guanidine groups is 1. The highest BCUT2D eigenvalue weighted by Crippen LogP contribution is 2.29. The van der Waals surface area contributed by atoms with Gasteiger partial charge in [-0.1, -0.05) is 31.5 Å². The topological polar surface area (TPSA) is 75.1 Å². The molecule has 1 unspecified atom stereocenters. The van der Waals surface area contributed by atoms with Crippen LogP contribution in [0.5, 0.6) is 0 Å². The Kier molecular flexibility index (Phi) is 13.4. The number of ether oxygens (including phenoxy) is 2. The van der Waals surface area contributed by atoms with Crippen LogP contribution in [0.3, 0.4) is 0 Å². The van der Waals surface area contributed by atoms with Crippen LogP contribution in [0, 0.1) is 0 Å². The van der Waals surface area contributed by atoms with Crippen molar-refractivity contribution < 1.29 is 14.6 Å². The SMILES string of the molecule is CCCCOCCOCCNC(=NC)NCC(O)c1cc2ccccc2s1.I. The van der Waals surface area contributed by atoms with Gasteiger partial charge in [0.2, 0.25) is 0 Å². The second-order valence-corrected chi connectivity index (χ2v) is 7.28. The maximum absolute atomic E-state index is 10.4. The molecule has 0 saturated carbocycles. The van der Waals surface area contributed by atoms with Crippen LogP contribution in [0.25, 0.3) is 10.1 Å². The second-order valence-electron chi connectivity index (χ2n) is 6.16. The number of hydrogen-bond acceptors (Lipinski definition) is 5. The molecule has 0 radical (unpaired) electrons. The molecular formula is C20H32IN3O3S. The number of aliphatic imine (C=N–C) groups is 1. The summed E-state index contributed by atoms with van der Waals surface area (Å²) in [6, 6.07) is 10.2. The summed E-state index contributed by atoms with van der Waals surface area (Å²) in [6.07, 6.45) is 1.67. The number of aliphatic hydroxyl groups excluding tert-OH is 1. The molecule has 1 heterocycles. The fraction of sp³-hybridized carbons (Fsp3) is 0.550. The molecule has 0 spiro atoms. The van der Waals surface area contributed by atoms with Crippen LogP contribution in [0.1, 0.15) is 30.7 Å². The van der Waals surface area contributed by atoms with Crippen molar-refractivity contribution in [1.82, 2.24) is 10.6 Å². The van der Waals surface area contributed by atoms with E-state index in [2.05, 4.69) is 34.7 Å². The Morgan fingerprint density at radius 3 is 2.61 bits per heavy atom. The number of halogens is 1. The van der Waals surface area contributed by atoms with Gasteiger partial charge >= 0.3 is 0 Å². The van der Waals surface area contributed by atoms with Crippen molar-refractivity contribution in [2.45, 2.75) is 25.9 Å². The zero-order chi connectivity index (χ0) is 19.3. The Labute approximate surface area is 188 Å². The van der Waals surface area contributed by atoms with Gasteiger partial charge in [-0.05, 0) is 23.9 Å². The van der Waals surface area contributed by atoms with Gasteiger partial charge in [0, 0.05) is 36.3 Å². The van der Waals surface area contributed by atoms with Crippen LogP contribution in [-0.4, -0.2) is 57.6 Å². The molecule has 28 heavy (non-hydrogen) atoms. The van der Waals surface area contributed by atoms with Crippen molar-refractivity contribution in [3.05, 3.63) is 35.2 Å². The summed E-state index contributed by atoms with van der Waals surface area (Å²) in [5.41, 5.74) is 0. The fourth-order valence-electron chi connectivity index (χ4n) is 2.49. The third kappa shape index (κ3) is 9.04. The number of benzene rings is 1. The standard InChI is InChI=1S/C20H31N3O3S.HI/c1-3-4-10-25-12-13-26-11-9-22-20(21-2)23-15-17(24)19-14-16-7-5-6-8-18(16)27-19;/h5-8,14,17,24H,3-4,9-13,15H2,1-2H3,(H2,21,22,23);1H. The van der Waals surface area contributed by atoms with Gasteiger partial charge in [0.05, 0.1) is 19.8 Å². The maximum atomic E-state index is 10.4. The van der Waals surface area contributed by atoms with Crippen molar-refractivity contribution in [3.63, 3.8) is 0 Å². The van der Waals surface area contributed by atoms with Crippen molar-refractivity contribution >= 4 is 51.4 Å². The van der Waals surface area contributed by atoms with Gasteiger partial charge in [-0.3, -0.25) is 4.99 Å². The number of hydrogen-bond donors (Lipinski definition) is 3. The molecule has 0 aliphatic rings. The molecule has 158 valence electrons. The lowest BCUT2D eigenvalue weighted by Gasteiger charge is -2.14. The van der Waals surface area contributed by atoms with Crippen LogP contribution in [0.4, 0.5) is 0 Å². The van der Waals surface area contributed by atoms with Gasteiger partial charge in [-0.2, -0.15) is 0 Å². The Morgan fingerprint density at radius 2 is 1.89 bits per heavy atom. The van der Waals surface area contributed by atoms with Crippen molar-refractivity contribution in [1.29, 1.82) is 0 Å². The lowest BCUT2D eigenvalue weighted by Crippen LogP contribution is -2.40. The molecule has 0 fully saturated rings. The molecule has 3 N–H and O–H groups in total. The molecule has 1 atom stereocenters. The lowest BCUT2D eigenvalue weighted by molar-refractivity contribution is 0.0487. The summed E-state index contributed by atoms with van der Waals surface area (Å²) in [5.74, 6) is 0.651. The molecule has 2 aromatic rings. The summed E-state index contributed by atoms with van der Waals surface area (Å²) in [4.78, 5) is 5.12. The monoisotopic (exact) mass is 521 g/mol. The van der Waals surface area contributed by atoms with E-state index in [0.717, 1.165) is 29.7 Å². The molecule has 0 amide bonds. The summed E-state index contributed by atoms with van der Waals surface area (Å²) in [5, 5.41) is 17.9. The zero-order valence-electron chi connectivity index (χ0n) is 16.6. The van der Waals surface area contributed by atoms with E-state index in [0.29, 0.717) is 38.9 Å². The number of unbranched alkanes of at least 4 members (excludes halogenated alkanes) is 1. The highest BCUT2D eigenvalue weighted by atomic mass is 127. The molecule has 8 heteroatoms. The third-order valence-corrected chi connectivity index (χ3v) is 5.23. The summed E-state index contributed by atoms with van der Waals surface area (Å²) in [6.45, 7) is 5.81. The number of thiophene rings is 1. The molecule has 0 bridgehead atoms. The first-order valence-corrected chi connectivity index (χ1v) is 10.3. The highest BCUT2D eigenvalue weighted by Gasteiger charge is 2.12. The van der Waals surface area contributed by atoms with Crippen molar-refractivity contribution in [3.8, 4) is 0 Å². The average Bonchev–Trinajstić information content (AvgIpc) is 3.13. The molecule has 0 aliphatic heterocycles. The number of rotatable bonds is 12. The first-order chi connectivity index (χ1) is 13.2. The Morgan fingerprint density at radius 1 is 1.14 bits per heavy atom. The van der Waals surface area contributed by atoms with Crippen LogP contribution in [0.15, 0.2) is 35.3 Å².